The second kappa shape index (κ2) is 6.44. The van der Waals surface area contributed by atoms with Gasteiger partial charge in [0, 0.05) is 23.5 Å². The molecule has 3 aromatic rings. The maximum Gasteiger partial charge on any atom is 0.227 e. The number of rotatable bonds is 4. The summed E-state index contributed by atoms with van der Waals surface area (Å²) < 4.78 is 15.9. The Morgan fingerprint density at radius 2 is 1.85 bits per heavy atom. The van der Waals surface area contributed by atoms with Gasteiger partial charge in [0.2, 0.25) is 11.4 Å². The Kier molecular flexibility index (Phi) is 3.96. The van der Waals surface area contributed by atoms with Crippen LogP contribution in [0.4, 0.5) is 5.69 Å². The normalized spacial score (nSPS) is 16.0. The first-order valence-corrected chi connectivity index (χ1v) is 8.05. The van der Waals surface area contributed by atoms with Gasteiger partial charge in [0.05, 0.1) is 25.7 Å². The first-order chi connectivity index (χ1) is 12.7. The zero-order valence-corrected chi connectivity index (χ0v) is 14.4. The number of nitrogens with two attached hydrogens (primary N) is 1. The molecule has 7 nitrogen and oxygen atoms in total. The van der Waals surface area contributed by atoms with Crippen LogP contribution >= 0.6 is 0 Å². The topological polar surface area (TPSA) is 86.1 Å². The van der Waals surface area contributed by atoms with Crippen molar-refractivity contribution in [2.45, 2.75) is 6.17 Å². The molecule has 0 bridgehead atoms. The fourth-order valence-electron chi connectivity index (χ4n) is 2.94. The number of hydrogen-bond donors (Lipinski definition) is 1. The van der Waals surface area contributed by atoms with Crippen LogP contribution in [-0.4, -0.2) is 19.2 Å². The second-order valence-corrected chi connectivity index (χ2v) is 5.73. The number of anilines is 1. The van der Waals surface area contributed by atoms with Gasteiger partial charge in [-0.05, 0) is 36.4 Å². The van der Waals surface area contributed by atoms with Gasteiger partial charge in [-0.1, -0.05) is 0 Å². The highest BCUT2D eigenvalue weighted by molar-refractivity contribution is 5.69. The fourth-order valence-corrected chi connectivity index (χ4v) is 2.94. The molecule has 1 atom stereocenters. The van der Waals surface area contributed by atoms with Gasteiger partial charge in [0.25, 0.3) is 0 Å². The molecule has 0 spiro atoms. The lowest BCUT2D eigenvalue weighted by atomic mass is 10.1. The minimum Gasteiger partial charge on any atom is -0.497 e. The predicted molar refractivity (Wildman–Crippen MR) is 96.1 cm³/mol. The lowest BCUT2D eigenvalue weighted by molar-refractivity contribution is 0.397. The minimum atomic E-state index is -0.402. The molecule has 26 heavy (non-hydrogen) atoms. The van der Waals surface area contributed by atoms with Crippen LogP contribution in [0.2, 0.25) is 0 Å². The standard InChI is InChI=1S/C19H18N4O3/c1-24-14-6-4-13(5-7-14)23-17(20)15-9-10-26-19(15)22-18(23)12-3-8-16(25-2)21-11-12/h3-11,18H,20H2,1-2H3. The molecule has 2 aromatic heterocycles. The Morgan fingerprint density at radius 1 is 1.04 bits per heavy atom. The Labute approximate surface area is 150 Å². The van der Waals surface area contributed by atoms with Gasteiger partial charge in [0.1, 0.15) is 11.6 Å². The van der Waals surface area contributed by atoms with E-state index < -0.39 is 6.17 Å². The maximum atomic E-state index is 6.47. The molecule has 0 amide bonds. The number of furan rings is 1. The second-order valence-electron chi connectivity index (χ2n) is 5.73. The molecule has 0 fully saturated rings. The number of benzene rings is 1. The van der Waals surface area contributed by atoms with Gasteiger partial charge in [-0.25, -0.2) is 9.98 Å². The van der Waals surface area contributed by atoms with Crippen molar-refractivity contribution in [3.8, 4) is 11.6 Å². The van der Waals surface area contributed by atoms with Crippen molar-refractivity contribution in [3.63, 3.8) is 0 Å². The third-order valence-electron chi connectivity index (χ3n) is 4.28. The van der Waals surface area contributed by atoms with Gasteiger partial charge in [-0.15, -0.1) is 0 Å². The Balaban J connectivity index is 1.85. The third-order valence-corrected chi connectivity index (χ3v) is 4.28. The van der Waals surface area contributed by atoms with E-state index >= 15 is 0 Å². The SMILES string of the molecule is COc1ccc(N2C(N)=c3ccoc3=NC2c2ccc(OC)nc2)cc1. The van der Waals surface area contributed by atoms with E-state index in [1.165, 1.54) is 0 Å². The molecule has 1 unspecified atom stereocenters. The van der Waals surface area contributed by atoms with Crippen molar-refractivity contribution < 1.29 is 13.9 Å². The largest absolute Gasteiger partial charge is 0.497 e. The van der Waals surface area contributed by atoms with Crippen molar-refractivity contribution in [1.82, 2.24) is 4.98 Å². The Hall–Kier alpha value is -3.48. The summed E-state index contributed by atoms with van der Waals surface area (Å²) in [6, 6.07) is 13.2. The average molecular weight is 350 g/mol. The summed E-state index contributed by atoms with van der Waals surface area (Å²) in [6.07, 6.45) is 2.91. The average Bonchev–Trinajstić information content (AvgIpc) is 3.17. The van der Waals surface area contributed by atoms with E-state index in [-0.39, 0.29) is 0 Å². The van der Waals surface area contributed by atoms with E-state index in [1.54, 1.807) is 32.7 Å². The number of pyridine rings is 1. The summed E-state index contributed by atoms with van der Waals surface area (Å²) in [5, 5.41) is 0.763. The Morgan fingerprint density at radius 3 is 2.50 bits per heavy atom. The van der Waals surface area contributed by atoms with Crippen LogP contribution in [0.3, 0.4) is 0 Å². The summed E-state index contributed by atoms with van der Waals surface area (Å²) in [4.78, 5) is 11.0. The maximum absolute atomic E-state index is 6.47. The summed E-state index contributed by atoms with van der Waals surface area (Å²) in [5.74, 6) is 1.87. The van der Waals surface area contributed by atoms with Crippen LogP contribution in [0.15, 0.2) is 64.3 Å². The van der Waals surface area contributed by atoms with Crippen LogP contribution in [0.5, 0.6) is 11.6 Å². The van der Waals surface area contributed by atoms with E-state index in [4.69, 9.17) is 24.6 Å². The van der Waals surface area contributed by atoms with Gasteiger partial charge in [-0.2, -0.15) is 0 Å². The van der Waals surface area contributed by atoms with E-state index in [0.29, 0.717) is 17.3 Å². The molecule has 3 heterocycles. The van der Waals surface area contributed by atoms with Crippen LogP contribution in [0.25, 0.3) is 5.82 Å². The van der Waals surface area contributed by atoms with Gasteiger partial charge >= 0.3 is 0 Å². The van der Waals surface area contributed by atoms with Crippen molar-refractivity contribution in [2.75, 3.05) is 19.1 Å². The molecule has 2 N–H and O–H groups in total. The summed E-state index contributed by atoms with van der Waals surface area (Å²) in [5.41, 5.74) is 8.73. The third kappa shape index (κ3) is 2.63. The first kappa shape index (κ1) is 16.0. The highest BCUT2D eigenvalue weighted by atomic mass is 16.5. The number of ether oxygens (including phenoxy) is 2. The van der Waals surface area contributed by atoms with Crippen molar-refractivity contribution in [2.24, 2.45) is 10.7 Å². The van der Waals surface area contributed by atoms with E-state index in [2.05, 4.69) is 4.98 Å². The molecule has 0 saturated heterocycles. The van der Waals surface area contributed by atoms with E-state index in [1.807, 2.05) is 41.3 Å². The molecule has 0 saturated carbocycles. The smallest absolute Gasteiger partial charge is 0.227 e. The van der Waals surface area contributed by atoms with Crippen molar-refractivity contribution >= 4 is 11.5 Å². The summed E-state index contributed by atoms with van der Waals surface area (Å²) in [6.45, 7) is 0. The van der Waals surface area contributed by atoms with Crippen LogP contribution < -0.4 is 30.9 Å². The molecular weight excluding hydrogens is 332 g/mol. The molecule has 0 aliphatic carbocycles. The molecule has 7 heteroatoms. The molecule has 4 rings (SSSR count). The predicted octanol–water partition coefficient (Wildman–Crippen LogP) is 1.55. The van der Waals surface area contributed by atoms with Crippen LogP contribution in [0.1, 0.15) is 11.7 Å². The number of aromatic nitrogens is 1. The molecule has 132 valence electrons. The fraction of sp³-hybridized carbons (Fsp3) is 0.158. The lowest BCUT2D eigenvalue weighted by Gasteiger charge is -2.32. The van der Waals surface area contributed by atoms with Gasteiger partial charge < -0.3 is 24.5 Å². The van der Waals surface area contributed by atoms with Crippen molar-refractivity contribution in [3.05, 3.63) is 71.3 Å². The lowest BCUT2D eigenvalue weighted by Crippen LogP contribution is -2.43. The monoisotopic (exact) mass is 350 g/mol. The number of nitrogens with zero attached hydrogens (tertiary/aromatic N) is 3. The molecular formula is C19H18N4O3. The number of fused-ring (bicyclic) bond motifs is 1. The summed E-state index contributed by atoms with van der Waals surface area (Å²) >= 11 is 0. The quantitative estimate of drug-likeness (QED) is 0.768. The molecule has 1 aliphatic heterocycles. The minimum absolute atomic E-state index is 0.402. The summed E-state index contributed by atoms with van der Waals surface area (Å²) in [7, 11) is 3.22. The molecule has 1 aliphatic rings. The van der Waals surface area contributed by atoms with E-state index in [9.17, 15) is 0 Å². The zero-order valence-electron chi connectivity index (χ0n) is 14.4. The highest BCUT2D eigenvalue weighted by Gasteiger charge is 2.27. The number of methoxy groups -OCH3 is 2. The van der Waals surface area contributed by atoms with Gasteiger partial charge in [0.15, 0.2) is 6.17 Å². The molecule has 0 radical (unpaired) electrons. The van der Waals surface area contributed by atoms with Crippen LogP contribution in [-0.2, 0) is 0 Å². The van der Waals surface area contributed by atoms with Crippen LogP contribution in [0, 0.1) is 0 Å². The number of hydrogen-bond acceptors (Lipinski definition) is 7. The van der Waals surface area contributed by atoms with E-state index in [0.717, 1.165) is 22.2 Å². The highest BCUT2D eigenvalue weighted by Crippen LogP contribution is 2.32. The molecule has 1 aromatic carbocycles. The van der Waals surface area contributed by atoms with Gasteiger partial charge in [-0.3, -0.25) is 0 Å². The Bertz CT molecular complexity index is 1030. The first-order valence-electron chi connectivity index (χ1n) is 8.05. The zero-order chi connectivity index (χ0) is 18.1. The van der Waals surface area contributed by atoms with Crippen molar-refractivity contribution in [1.29, 1.82) is 0 Å².